The summed E-state index contributed by atoms with van der Waals surface area (Å²) in [6.07, 6.45) is 0. The van der Waals surface area contributed by atoms with Crippen LogP contribution < -0.4 is 15.4 Å². The number of aliphatic imine (C=N–C) groups is 1. The molecule has 0 aliphatic carbocycles. The molecule has 0 saturated carbocycles. The topological polar surface area (TPSA) is 45.7 Å². The van der Waals surface area contributed by atoms with Crippen LogP contribution in [-0.4, -0.2) is 25.7 Å². The van der Waals surface area contributed by atoms with E-state index in [1.54, 1.807) is 7.11 Å². The Labute approximate surface area is 133 Å². The maximum Gasteiger partial charge on any atom is 0.191 e. The molecular formula is C14H24IN3O. The van der Waals surface area contributed by atoms with Gasteiger partial charge in [0.2, 0.25) is 0 Å². The summed E-state index contributed by atoms with van der Waals surface area (Å²) in [5.41, 5.74) is 1.08. The van der Waals surface area contributed by atoms with Crippen molar-refractivity contribution < 1.29 is 4.74 Å². The molecule has 0 bridgehead atoms. The Kier molecular flexibility index (Phi) is 9.38. The number of hydrogen-bond acceptors (Lipinski definition) is 2. The van der Waals surface area contributed by atoms with Crippen molar-refractivity contribution >= 4 is 29.9 Å². The SMILES string of the molecule is CCNC(=NCc1ccccc1OC)NC(C)C.I. The van der Waals surface area contributed by atoms with E-state index >= 15 is 0 Å². The van der Waals surface area contributed by atoms with Crippen molar-refractivity contribution in [1.29, 1.82) is 0 Å². The lowest BCUT2D eigenvalue weighted by molar-refractivity contribution is 0.410. The molecular weight excluding hydrogens is 353 g/mol. The maximum atomic E-state index is 5.31. The minimum Gasteiger partial charge on any atom is -0.496 e. The van der Waals surface area contributed by atoms with Crippen molar-refractivity contribution in [2.45, 2.75) is 33.4 Å². The first kappa shape index (κ1) is 18.0. The van der Waals surface area contributed by atoms with Crippen LogP contribution in [0.1, 0.15) is 26.3 Å². The van der Waals surface area contributed by atoms with Gasteiger partial charge in [0, 0.05) is 18.2 Å². The van der Waals surface area contributed by atoms with Gasteiger partial charge in [-0.2, -0.15) is 0 Å². The van der Waals surface area contributed by atoms with Crippen LogP contribution in [0.25, 0.3) is 0 Å². The number of rotatable bonds is 5. The number of guanidine groups is 1. The normalized spacial score (nSPS) is 10.9. The van der Waals surface area contributed by atoms with E-state index < -0.39 is 0 Å². The van der Waals surface area contributed by atoms with E-state index in [9.17, 15) is 0 Å². The monoisotopic (exact) mass is 377 g/mol. The zero-order valence-electron chi connectivity index (χ0n) is 12.1. The van der Waals surface area contributed by atoms with Gasteiger partial charge in [0.15, 0.2) is 5.96 Å². The average Bonchev–Trinajstić information content (AvgIpc) is 2.36. The molecule has 0 unspecified atom stereocenters. The summed E-state index contributed by atoms with van der Waals surface area (Å²) in [7, 11) is 1.68. The molecule has 0 amide bonds. The number of para-hydroxylation sites is 1. The second-order valence-corrected chi connectivity index (χ2v) is 4.31. The van der Waals surface area contributed by atoms with Gasteiger partial charge in [0.1, 0.15) is 5.75 Å². The van der Waals surface area contributed by atoms with Gasteiger partial charge in [-0.15, -0.1) is 24.0 Å². The first-order chi connectivity index (χ1) is 8.67. The molecule has 0 aromatic heterocycles. The van der Waals surface area contributed by atoms with Crippen molar-refractivity contribution in [2.24, 2.45) is 4.99 Å². The van der Waals surface area contributed by atoms with Crippen LogP contribution in [0.3, 0.4) is 0 Å². The van der Waals surface area contributed by atoms with Gasteiger partial charge in [-0.1, -0.05) is 18.2 Å². The van der Waals surface area contributed by atoms with E-state index in [4.69, 9.17) is 4.74 Å². The number of hydrogen-bond donors (Lipinski definition) is 2. The van der Waals surface area contributed by atoms with Gasteiger partial charge >= 0.3 is 0 Å². The summed E-state index contributed by atoms with van der Waals surface area (Å²) in [4.78, 5) is 4.55. The van der Waals surface area contributed by atoms with Gasteiger partial charge in [-0.05, 0) is 26.8 Å². The summed E-state index contributed by atoms with van der Waals surface area (Å²) >= 11 is 0. The van der Waals surface area contributed by atoms with E-state index in [2.05, 4.69) is 36.4 Å². The number of benzene rings is 1. The van der Waals surface area contributed by atoms with Gasteiger partial charge in [-0.25, -0.2) is 4.99 Å². The van der Waals surface area contributed by atoms with Crippen LogP contribution in [0, 0.1) is 0 Å². The summed E-state index contributed by atoms with van der Waals surface area (Å²) in [6.45, 7) is 7.70. The van der Waals surface area contributed by atoms with Crippen LogP contribution >= 0.6 is 24.0 Å². The van der Waals surface area contributed by atoms with Gasteiger partial charge in [-0.3, -0.25) is 0 Å². The molecule has 0 saturated heterocycles. The van der Waals surface area contributed by atoms with Crippen molar-refractivity contribution in [1.82, 2.24) is 10.6 Å². The molecule has 1 aromatic carbocycles. The predicted molar refractivity (Wildman–Crippen MR) is 91.5 cm³/mol. The molecule has 0 aliphatic rings. The Morgan fingerprint density at radius 3 is 2.58 bits per heavy atom. The number of ether oxygens (including phenoxy) is 1. The van der Waals surface area contributed by atoms with Crippen molar-refractivity contribution in [2.75, 3.05) is 13.7 Å². The molecule has 0 spiro atoms. The fourth-order valence-electron chi connectivity index (χ4n) is 1.59. The van der Waals surface area contributed by atoms with E-state index in [0.717, 1.165) is 23.8 Å². The third-order valence-electron chi connectivity index (χ3n) is 2.37. The highest BCUT2D eigenvalue weighted by Gasteiger charge is 2.02. The lowest BCUT2D eigenvalue weighted by atomic mass is 10.2. The molecule has 0 aliphatic heterocycles. The largest absolute Gasteiger partial charge is 0.496 e. The molecule has 0 radical (unpaired) electrons. The Morgan fingerprint density at radius 2 is 2.00 bits per heavy atom. The number of halogens is 1. The molecule has 0 fully saturated rings. The molecule has 4 nitrogen and oxygen atoms in total. The summed E-state index contributed by atoms with van der Waals surface area (Å²) in [5, 5.41) is 6.51. The highest BCUT2D eigenvalue weighted by molar-refractivity contribution is 14.0. The third-order valence-corrected chi connectivity index (χ3v) is 2.37. The van der Waals surface area contributed by atoms with Crippen LogP contribution in [0.4, 0.5) is 0 Å². The molecule has 108 valence electrons. The zero-order chi connectivity index (χ0) is 13.4. The Bertz CT molecular complexity index is 394. The minimum absolute atomic E-state index is 0. The maximum absolute atomic E-state index is 5.31. The number of methoxy groups -OCH3 is 1. The Morgan fingerprint density at radius 1 is 1.32 bits per heavy atom. The lowest BCUT2D eigenvalue weighted by Gasteiger charge is -2.14. The summed E-state index contributed by atoms with van der Waals surface area (Å²) in [5.74, 6) is 1.71. The highest BCUT2D eigenvalue weighted by atomic mass is 127. The molecule has 1 aromatic rings. The summed E-state index contributed by atoms with van der Waals surface area (Å²) < 4.78 is 5.31. The average molecular weight is 377 g/mol. The first-order valence-corrected chi connectivity index (χ1v) is 6.34. The second kappa shape index (κ2) is 9.89. The molecule has 19 heavy (non-hydrogen) atoms. The van der Waals surface area contributed by atoms with Gasteiger partial charge in [0.25, 0.3) is 0 Å². The van der Waals surface area contributed by atoms with E-state index in [1.165, 1.54) is 0 Å². The predicted octanol–water partition coefficient (Wildman–Crippen LogP) is 2.78. The van der Waals surface area contributed by atoms with Crippen LogP contribution in [-0.2, 0) is 6.54 Å². The van der Waals surface area contributed by atoms with E-state index in [0.29, 0.717) is 12.6 Å². The van der Waals surface area contributed by atoms with Crippen molar-refractivity contribution in [3.8, 4) is 5.75 Å². The van der Waals surface area contributed by atoms with E-state index in [-0.39, 0.29) is 24.0 Å². The Balaban J connectivity index is 0.00000324. The zero-order valence-corrected chi connectivity index (χ0v) is 14.4. The third kappa shape index (κ3) is 6.66. The van der Waals surface area contributed by atoms with E-state index in [1.807, 2.05) is 24.3 Å². The fourth-order valence-corrected chi connectivity index (χ4v) is 1.59. The first-order valence-electron chi connectivity index (χ1n) is 6.34. The van der Waals surface area contributed by atoms with Crippen LogP contribution in [0.5, 0.6) is 5.75 Å². The number of nitrogens with one attached hydrogen (secondary N) is 2. The Hall–Kier alpha value is -0.980. The fraction of sp³-hybridized carbons (Fsp3) is 0.500. The molecule has 5 heteroatoms. The molecule has 2 N–H and O–H groups in total. The molecule has 1 rings (SSSR count). The number of nitrogens with zero attached hydrogens (tertiary/aromatic N) is 1. The van der Waals surface area contributed by atoms with Crippen LogP contribution in [0.15, 0.2) is 29.3 Å². The highest BCUT2D eigenvalue weighted by Crippen LogP contribution is 2.17. The second-order valence-electron chi connectivity index (χ2n) is 4.31. The molecule has 0 atom stereocenters. The molecule has 0 heterocycles. The minimum atomic E-state index is 0. The van der Waals surface area contributed by atoms with Crippen LogP contribution in [0.2, 0.25) is 0 Å². The lowest BCUT2D eigenvalue weighted by Crippen LogP contribution is -2.41. The van der Waals surface area contributed by atoms with Crippen molar-refractivity contribution in [3.63, 3.8) is 0 Å². The van der Waals surface area contributed by atoms with Gasteiger partial charge < -0.3 is 15.4 Å². The quantitative estimate of drug-likeness (QED) is 0.471. The smallest absolute Gasteiger partial charge is 0.191 e. The summed E-state index contributed by atoms with van der Waals surface area (Å²) in [6, 6.07) is 8.30. The van der Waals surface area contributed by atoms with Crippen molar-refractivity contribution in [3.05, 3.63) is 29.8 Å². The standard InChI is InChI=1S/C14H23N3O.HI/c1-5-15-14(17-11(2)3)16-10-12-8-6-7-9-13(12)18-4;/h6-9,11H,5,10H2,1-4H3,(H2,15,16,17);1H. The van der Waals surface area contributed by atoms with Gasteiger partial charge in [0.05, 0.1) is 13.7 Å².